The van der Waals surface area contributed by atoms with E-state index >= 15 is 4.39 Å². The molecule has 1 fully saturated rings. The number of piperazine rings is 1. The van der Waals surface area contributed by atoms with E-state index in [2.05, 4.69) is 48.1 Å². The molecule has 1 N–H and O–H groups in total. The van der Waals surface area contributed by atoms with Crippen LogP contribution in [-0.2, 0) is 0 Å². The lowest BCUT2D eigenvalue weighted by molar-refractivity contribution is 0.102. The van der Waals surface area contributed by atoms with Crippen molar-refractivity contribution in [3.8, 4) is 28.7 Å². The number of methoxy groups -OCH3 is 1. The molecule has 6 aromatic rings. The smallest absolute Gasteiger partial charge is 0.287 e. The maximum atomic E-state index is 15.5. The van der Waals surface area contributed by atoms with Gasteiger partial charge in [-0.15, -0.1) is 0 Å². The Hall–Kier alpha value is -5.37. The Balaban J connectivity index is 1.07. The predicted octanol–water partition coefficient (Wildman–Crippen LogP) is 6.91. The fraction of sp³-hybridized carbons (Fsp3) is 0.231. The molecule has 0 bridgehead atoms. The molecule has 1 saturated heterocycles. The summed E-state index contributed by atoms with van der Waals surface area (Å²) in [5, 5.41) is 3.21. The van der Waals surface area contributed by atoms with Crippen LogP contribution in [0.3, 0.4) is 0 Å². The van der Waals surface area contributed by atoms with E-state index in [0.717, 1.165) is 49.7 Å². The molecule has 0 atom stereocenters. The highest BCUT2D eigenvalue weighted by atomic mass is 79.9. The van der Waals surface area contributed by atoms with Gasteiger partial charge >= 0.3 is 0 Å². The number of hydrogen-bond donors (Lipinski definition) is 1. The van der Waals surface area contributed by atoms with Crippen LogP contribution >= 0.6 is 15.9 Å². The third-order valence-corrected chi connectivity index (χ3v) is 9.46. The van der Waals surface area contributed by atoms with Crippen LogP contribution in [-0.4, -0.2) is 83.7 Å². The molecule has 1 aliphatic heterocycles. The van der Waals surface area contributed by atoms with Crippen LogP contribution in [0.1, 0.15) is 16.9 Å². The number of halogens is 2. The number of carbonyl (C=O) groups is 1. The molecular weight excluding hydrogens is 731 g/mol. The molecule has 11 nitrogen and oxygen atoms in total. The second-order valence-corrected chi connectivity index (χ2v) is 13.4. The molecule has 2 aromatic heterocycles. The standard InChI is InChI=1S/C39H36BrFN6O5/c1-45-17-19-46(20-18-45)16-5-21-51-36-24-31-28(23-35(36)50-2)33(14-15-42-31)52-34-13-10-26(22-29(34)41)43-38(48)37-39(49)47(27-11-8-25(40)9-12-27)32-7-4-3-6-30(32)44-37/h3-4,6-15,22-24H,5,16-21H2,1-2H3,(H,43,48). The molecule has 0 radical (unpaired) electrons. The van der Waals surface area contributed by atoms with E-state index in [9.17, 15) is 9.59 Å². The number of ether oxygens (including phenoxy) is 3. The lowest BCUT2D eigenvalue weighted by Crippen LogP contribution is -2.44. The number of amides is 1. The van der Waals surface area contributed by atoms with Gasteiger partial charge in [0.2, 0.25) is 0 Å². The summed E-state index contributed by atoms with van der Waals surface area (Å²) < 4.78 is 35.5. The summed E-state index contributed by atoms with van der Waals surface area (Å²) in [5.74, 6) is -0.156. The zero-order valence-electron chi connectivity index (χ0n) is 28.6. The van der Waals surface area contributed by atoms with Gasteiger partial charge < -0.3 is 29.3 Å². The minimum absolute atomic E-state index is 0.0740. The van der Waals surface area contributed by atoms with Gasteiger partial charge in [-0.2, -0.15) is 0 Å². The minimum atomic E-state index is -0.778. The first-order chi connectivity index (χ1) is 25.3. The zero-order chi connectivity index (χ0) is 36.2. The average molecular weight is 768 g/mol. The summed E-state index contributed by atoms with van der Waals surface area (Å²) >= 11 is 3.41. The Labute approximate surface area is 307 Å². The maximum absolute atomic E-state index is 15.5. The Kier molecular flexibility index (Phi) is 10.4. The van der Waals surface area contributed by atoms with Gasteiger partial charge in [-0.05, 0) is 74.1 Å². The number of pyridine rings is 1. The van der Waals surface area contributed by atoms with Gasteiger partial charge in [-0.1, -0.05) is 28.1 Å². The molecule has 52 heavy (non-hydrogen) atoms. The Morgan fingerprint density at radius 2 is 1.69 bits per heavy atom. The molecule has 4 aromatic carbocycles. The van der Waals surface area contributed by atoms with E-state index < -0.39 is 17.3 Å². The molecule has 7 rings (SSSR count). The summed E-state index contributed by atoms with van der Waals surface area (Å²) in [6.07, 6.45) is 2.45. The van der Waals surface area contributed by atoms with Crippen molar-refractivity contribution in [2.45, 2.75) is 6.42 Å². The van der Waals surface area contributed by atoms with Crippen LogP contribution in [0.5, 0.6) is 23.0 Å². The highest BCUT2D eigenvalue weighted by Gasteiger charge is 2.20. The average Bonchev–Trinajstić information content (AvgIpc) is 3.15. The van der Waals surface area contributed by atoms with Crippen LogP contribution in [0.25, 0.3) is 27.6 Å². The van der Waals surface area contributed by atoms with E-state index in [4.69, 9.17) is 14.2 Å². The molecule has 0 saturated carbocycles. The number of rotatable bonds is 11. The summed E-state index contributed by atoms with van der Waals surface area (Å²) in [4.78, 5) is 40.7. The second-order valence-electron chi connectivity index (χ2n) is 12.4. The highest BCUT2D eigenvalue weighted by molar-refractivity contribution is 9.10. The molecule has 0 unspecified atom stereocenters. The third-order valence-electron chi connectivity index (χ3n) is 8.93. The highest BCUT2D eigenvalue weighted by Crippen LogP contribution is 2.38. The van der Waals surface area contributed by atoms with Crippen LogP contribution in [0.4, 0.5) is 10.1 Å². The number of nitrogens with one attached hydrogen (secondary N) is 1. The number of aromatic nitrogens is 3. The third kappa shape index (κ3) is 7.61. The Morgan fingerprint density at radius 1 is 0.904 bits per heavy atom. The van der Waals surface area contributed by atoms with Crippen molar-refractivity contribution in [3.63, 3.8) is 0 Å². The first-order valence-electron chi connectivity index (χ1n) is 16.8. The number of anilines is 1. The molecule has 1 amide bonds. The maximum Gasteiger partial charge on any atom is 0.287 e. The molecule has 13 heteroatoms. The van der Waals surface area contributed by atoms with Crippen molar-refractivity contribution in [2.75, 3.05) is 58.8 Å². The molecule has 1 aliphatic rings. The number of benzene rings is 4. The fourth-order valence-electron chi connectivity index (χ4n) is 6.13. The van der Waals surface area contributed by atoms with Crippen LogP contribution < -0.4 is 25.1 Å². The van der Waals surface area contributed by atoms with Gasteiger partial charge in [0, 0.05) is 72.3 Å². The van der Waals surface area contributed by atoms with E-state index in [1.165, 1.54) is 16.7 Å². The minimum Gasteiger partial charge on any atom is -0.493 e. The summed E-state index contributed by atoms with van der Waals surface area (Å²) in [6, 6.07) is 23.4. The monoisotopic (exact) mass is 766 g/mol. The number of hydrogen-bond acceptors (Lipinski definition) is 9. The topological polar surface area (TPSA) is 111 Å². The van der Waals surface area contributed by atoms with Gasteiger partial charge in [0.25, 0.3) is 11.5 Å². The molecule has 3 heterocycles. The largest absolute Gasteiger partial charge is 0.493 e. The van der Waals surface area contributed by atoms with Crippen molar-refractivity contribution in [3.05, 3.63) is 117 Å². The van der Waals surface area contributed by atoms with Crippen LogP contribution in [0, 0.1) is 5.82 Å². The van der Waals surface area contributed by atoms with Crippen molar-refractivity contribution in [1.29, 1.82) is 0 Å². The van der Waals surface area contributed by atoms with E-state index in [0.29, 0.717) is 51.5 Å². The molecule has 0 spiro atoms. The van der Waals surface area contributed by atoms with Crippen molar-refractivity contribution >= 4 is 49.5 Å². The molecular formula is C39H36BrFN6O5. The van der Waals surface area contributed by atoms with Crippen LogP contribution in [0.15, 0.2) is 100 Å². The van der Waals surface area contributed by atoms with Gasteiger partial charge in [0.05, 0.1) is 30.3 Å². The summed E-state index contributed by atoms with van der Waals surface area (Å²) in [7, 11) is 3.70. The summed E-state index contributed by atoms with van der Waals surface area (Å²) in [6.45, 7) is 5.74. The van der Waals surface area contributed by atoms with Crippen LogP contribution in [0.2, 0.25) is 0 Å². The normalized spacial score (nSPS) is 13.7. The van der Waals surface area contributed by atoms with E-state index in [1.807, 2.05) is 0 Å². The van der Waals surface area contributed by atoms with Gasteiger partial charge in [-0.25, -0.2) is 9.37 Å². The van der Waals surface area contributed by atoms with Crippen molar-refractivity contribution in [2.24, 2.45) is 0 Å². The first-order valence-corrected chi connectivity index (χ1v) is 17.6. The van der Waals surface area contributed by atoms with E-state index in [1.54, 1.807) is 80.0 Å². The zero-order valence-corrected chi connectivity index (χ0v) is 30.2. The van der Waals surface area contributed by atoms with Gasteiger partial charge in [0.15, 0.2) is 28.8 Å². The lowest BCUT2D eigenvalue weighted by Gasteiger charge is -2.32. The number of carbonyl (C=O) groups excluding carboxylic acids is 1. The van der Waals surface area contributed by atoms with Gasteiger partial charge in [-0.3, -0.25) is 19.1 Å². The lowest BCUT2D eigenvalue weighted by atomic mass is 10.1. The van der Waals surface area contributed by atoms with Crippen molar-refractivity contribution < 1.29 is 23.4 Å². The SMILES string of the molecule is COc1cc2c(Oc3ccc(NC(=O)c4nc5ccccc5n(-c5ccc(Br)cc5)c4=O)cc3F)ccnc2cc1OCCCN1CCN(C)CC1. The number of likely N-dealkylation sites (N-methyl/N-ethyl adjacent to an activating group) is 1. The molecule has 0 aliphatic carbocycles. The summed E-state index contributed by atoms with van der Waals surface area (Å²) in [5.41, 5.74) is 1.32. The van der Waals surface area contributed by atoms with E-state index in [-0.39, 0.29) is 17.1 Å². The Bertz CT molecular complexity index is 2310. The number of nitrogens with zero attached hydrogens (tertiary/aromatic N) is 5. The predicted molar refractivity (Wildman–Crippen MR) is 202 cm³/mol. The Morgan fingerprint density at radius 3 is 2.46 bits per heavy atom. The van der Waals surface area contributed by atoms with Crippen molar-refractivity contribution in [1.82, 2.24) is 24.3 Å². The fourth-order valence-corrected chi connectivity index (χ4v) is 6.39. The molecule has 266 valence electrons. The first kappa shape index (κ1) is 35.1. The number of para-hydroxylation sites is 2. The second kappa shape index (κ2) is 15.5. The van der Waals surface area contributed by atoms with Gasteiger partial charge in [0.1, 0.15) is 5.75 Å². The quantitative estimate of drug-likeness (QED) is 0.141. The number of fused-ring (bicyclic) bond motifs is 2.